The van der Waals surface area contributed by atoms with E-state index in [-0.39, 0.29) is 0 Å². The van der Waals surface area contributed by atoms with E-state index in [0.717, 1.165) is 30.1 Å². The molecule has 17 heavy (non-hydrogen) atoms. The number of pyridine rings is 1. The van der Waals surface area contributed by atoms with E-state index in [1.54, 1.807) is 0 Å². The molecular weight excluding hydrogens is 212 g/mol. The Morgan fingerprint density at radius 2 is 2.06 bits per heavy atom. The summed E-state index contributed by atoms with van der Waals surface area (Å²) in [6.07, 6.45) is 3.76. The largest absolute Gasteiger partial charge is 0.486 e. The van der Waals surface area contributed by atoms with Crippen LogP contribution in [-0.4, -0.2) is 23.7 Å². The average molecular weight is 232 g/mol. The van der Waals surface area contributed by atoms with Crippen molar-refractivity contribution in [3.05, 3.63) is 22.5 Å². The molecule has 0 amide bonds. The molecule has 3 heterocycles. The van der Waals surface area contributed by atoms with E-state index in [0.29, 0.717) is 12.1 Å². The molecule has 0 spiro atoms. The van der Waals surface area contributed by atoms with Crippen molar-refractivity contribution in [2.45, 2.75) is 52.2 Å². The molecule has 1 saturated heterocycles. The zero-order chi connectivity index (χ0) is 12.0. The molecule has 2 unspecified atom stereocenters. The summed E-state index contributed by atoms with van der Waals surface area (Å²) in [6.45, 7) is 7.49. The highest BCUT2D eigenvalue weighted by atomic mass is 16.5. The minimum atomic E-state index is 0.292. The summed E-state index contributed by atoms with van der Waals surface area (Å²) in [5, 5.41) is 3.53. The van der Waals surface area contributed by atoms with Crippen LogP contribution >= 0.6 is 0 Å². The monoisotopic (exact) mass is 232 g/mol. The van der Waals surface area contributed by atoms with E-state index in [9.17, 15) is 0 Å². The highest BCUT2D eigenvalue weighted by molar-refractivity contribution is 5.46. The van der Waals surface area contributed by atoms with Crippen LogP contribution in [0.1, 0.15) is 35.4 Å². The minimum absolute atomic E-state index is 0.292. The fourth-order valence-corrected chi connectivity index (χ4v) is 2.93. The van der Waals surface area contributed by atoms with E-state index in [1.807, 2.05) is 0 Å². The third-order valence-corrected chi connectivity index (χ3v) is 4.22. The number of hydrogen-bond donors (Lipinski definition) is 1. The number of aromatic nitrogens is 1. The lowest BCUT2D eigenvalue weighted by atomic mass is 10.0. The van der Waals surface area contributed by atoms with Crippen molar-refractivity contribution >= 4 is 0 Å². The molecule has 0 aliphatic carbocycles. The summed E-state index contributed by atoms with van der Waals surface area (Å²) >= 11 is 0. The molecule has 1 aromatic heterocycles. The van der Waals surface area contributed by atoms with Gasteiger partial charge in [0, 0.05) is 18.2 Å². The summed E-state index contributed by atoms with van der Waals surface area (Å²) in [4.78, 5) is 4.68. The van der Waals surface area contributed by atoms with Crippen molar-refractivity contribution in [3.8, 4) is 5.75 Å². The molecule has 1 aromatic rings. The molecule has 2 atom stereocenters. The van der Waals surface area contributed by atoms with Crippen LogP contribution in [-0.2, 0) is 6.42 Å². The first kappa shape index (κ1) is 11.0. The predicted octanol–water partition coefficient (Wildman–Crippen LogP) is 2.06. The molecule has 0 aromatic carbocycles. The van der Waals surface area contributed by atoms with Crippen LogP contribution in [0.5, 0.6) is 5.75 Å². The van der Waals surface area contributed by atoms with Gasteiger partial charge in [-0.3, -0.25) is 4.98 Å². The fraction of sp³-hybridized carbons (Fsp3) is 0.643. The Hall–Kier alpha value is -1.09. The summed E-state index contributed by atoms with van der Waals surface area (Å²) in [5.41, 5.74) is 4.84. The fourth-order valence-electron chi connectivity index (χ4n) is 2.93. The molecule has 2 aliphatic rings. The SMILES string of the molecule is Cc1nc2c(c(C)c1C)OC(C1CCCN1)C2. The summed E-state index contributed by atoms with van der Waals surface area (Å²) in [6, 6.07) is 0.518. The second kappa shape index (κ2) is 3.98. The van der Waals surface area contributed by atoms with Gasteiger partial charge in [0.05, 0.1) is 5.69 Å². The second-order valence-electron chi connectivity index (χ2n) is 5.29. The first-order chi connectivity index (χ1) is 8.16. The molecule has 0 saturated carbocycles. The topological polar surface area (TPSA) is 34.1 Å². The Balaban J connectivity index is 1.90. The van der Waals surface area contributed by atoms with Crippen molar-refractivity contribution < 1.29 is 4.74 Å². The molecule has 3 rings (SSSR count). The van der Waals surface area contributed by atoms with E-state index in [4.69, 9.17) is 4.74 Å². The van der Waals surface area contributed by atoms with Crippen molar-refractivity contribution in [2.24, 2.45) is 0 Å². The first-order valence-electron chi connectivity index (χ1n) is 6.53. The van der Waals surface area contributed by atoms with E-state index >= 15 is 0 Å². The summed E-state index contributed by atoms with van der Waals surface area (Å²) < 4.78 is 6.13. The Kier molecular flexibility index (Phi) is 2.58. The number of nitrogens with zero attached hydrogens (tertiary/aromatic N) is 1. The normalized spacial score (nSPS) is 27.0. The number of fused-ring (bicyclic) bond motifs is 1. The van der Waals surface area contributed by atoms with Crippen LogP contribution in [0.25, 0.3) is 0 Å². The quantitative estimate of drug-likeness (QED) is 0.805. The number of aryl methyl sites for hydroxylation is 1. The highest BCUT2D eigenvalue weighted by Gasteiger charge is 2.34. The van der Waals surface area contributed by atoms with Gasteiger partial charge >= 0.3 is 0 Å². The predicted molar refractivity (Wildman–Crippen MR) is 67.6 cm³/mol. The van der Waals surface area contributed by atoms with Crippen LogP contribution in [0.3, 0.4) is 0 Å². The van der Waals surface area contributed by atoms with E-state index in [1.165, 1.54) is 24.0 Å². The van der Waals surface area contributed by atoms with Gasteiger partial charge in [-0.1, -0.05) is 0 Å². The average Bonchev–Trinajstić information content (AvgIpc) is 2.93. The Morgan fingerprint density at radius 1 is 1.24 bits per heavy atom. The number of nitrogens with one attached hydrogen (secondary N) is 1. The van der Waals surface area contributed by atoms with Gasteiger partial charge in [0.1, 0.15) is 11.9 Å². The molecule has 1 N–H and O–H groups in total. The molecule has 2 aliphatic heterocycles. The molecule has 1 fully saturated rings. The van der Waals surface area contributed by atoms with Gasteiger partial charge in [-0.25, -0.2) is 0 Å². The van der Waals surface area contributed by atoms with Crippen LogP contribution in [0, 0.1) is 20.8 Å². The lowest BCUT2D eigenvalue weighted by molar-refractivity contribution is 0.187. The number of hydrogen-bond acceptors (Lipinski definition) is 3. The van der Waals surface area contributed by atoms with Crippen molar-refractivity contribution in [1.82, 2.24) is 10.3 Å². The lowest BCUT2D eigenvalue weighted by Crippen LogP contribution is -2.37. The summed E-state index contributed by atoms with van der Waals surface area (Å²) in [5.74, 6) is 1.05. The highest BCUT2D eigenvalue weighted by Crippen LogP contribution is 2.35. The van der Waals surface area contributed by atoms with Gasteiger partial charge in [0.25, 0.3) is 0 Å². The maximum absolute atomic E-state index is 6.13. The smallest absolute Gasteiger partial charge is 0.144 e. The molecule has 0 radical (unpaired) electrons. The minimum Gasteiger partial charge on any atom is -0.486 e. The zero-order valence-corrected chi connectivity index (χ0v) is 10.8. The third kappa shape index (κ3) is 1.73. The number of rotatable bonds is 1. The van der Waals surface area contributed by atoms with Gasteiger partial charge in [0.15, 0.2) is 0 Å². The standard InChI is InChI=1S/C14H20N2O/c1-8-9(2)14-12(16-10(8)3)7-13(17-14)11-5-4-6-15-11/h11,13,15H,4-7H2,1-3H3. The molecule has 3 nitrogen and oxygen atoms in total. The molecular formula is C14H20N2O. The van der Waals surface area contributed by atoms with Gasteiger partial charge in [-0.15, -0.1) is 0 Å². The van der Waals surface area contributed by atoms with E-state index in [2.05, 4.69) is 31.1 Å². The van der Waals surface area contributed by atoms with Gasteiger partial charge < -0.3 is 10.1 Å². The van der Waals surface area contributed by atoms with Gasteiger partial charge in [-0.2, -0.15) is 0 Å². The zero-order valence-electron chi connectivity index (χ0n) is 10.8. The molecule has 3 heteroatoms. The molecule has 0 bridgehead atoms. The van der Waals surface area contributed by atoms with Gasteiger partial charge in [0.2, 0.25) is 0 Å². The van der Waals surface area contributed by atoms with Crippen molar-refractivity contribution in [1.29, 1.82) is 0 Å². The molecule has 92 valence electrons. The van der Waals surface area contributed by atoms with Crippen LogP contribution in [0.15, 0.2) is 0 Å². The Labute approximate surface area is 103 Å². The van der Waals surface area contributed by atoms with Crippen molar-refractivity contribution in [3.63, 3.8) is 0 Å². The Morgan fingerprint density at radius 3 is 2.76 bits per heavy atom. The van der Waals surface area contributed by atoms with Crippen LogP contribution in [0.2, 0.25) is 0 Å². The summed E-state index contributed by atoms with van der Waals surface area (Å²) in [7, 11) is 0. The van der Waals surface area contributed by atoms with Crippen LogP contribution < -0.4 is 10.1 Å². The Bertz CT molecular complexity index is 450. The van der Waals surface area contributed by atoms with E-state index < -0.39 is 0 Å². The third-order valence-electron chi connectivity index (χ3n) is 4.22. The van der Waals surface area contributed by atoms with Gasteiger partial charge in [-0.05, 0) is 51.3 Å². The lowest BCUT2D eigenvalue weighted by Gasteiger charge is -2.18. The maximum atomic E-state index is 6.13. The van der Waals surface area contributed by atoms with Crippen LogP contribution in [0.4, 0.5) is 0 Å². The maximum Gasteiger partial charge on any atom is 0.144 e. The second-order valence-corrected chi connectivity index (χ2v) is 5.29. The van der Waals surface area contributed by atoms with Crippen molar-refractivity contribution in [2.75, 3.05) is 6.54 Å². The number of ether oxygens (including phenoxy) is 1. The first-order valence-corrected chi connectivity index (χ1v) is 6.53.